The van der Waals surface area contributed by atoms with Crippen LogP contribution in [0, 0.1) is 31.3 Å². The lowest BCUT2D eigenvalue weighted by Crippen LogP contribution is -2.09. The van der Waals surface area contributed by atoms with E-state index in [1.54, 1.807) is 11.3 Å². The summed E-state index contributed by atoms with van der Waals surface area (Å²) in [6, 6.07) is 3.23. The van der Waals surface area contributed by atoms with Crippen molar-refractivity contribution < 1.29 is 13.2 Å². The van der Waals surface area contributed by atoms with E-state index in [0.717, 1.165) is 21.4 Å². The van der Waals surface area contributed by atoms with E-state index in [2.05, 4.69) is 5.32 Å². The molecule has 0 aliphatic carbocycles. The van der Waals surface area contributed by atoms with Gasteiger partial charge in [-0.3, -0.25) is 0 Å². The van der Waals surface area contributed by atoms with E-state index < -0.39 is 17.5 Å². The second-order valence-corrected chi connectivity index (χ2v) is 5.94. The van der Waals surface area contributed by atoms with Crippen molar-refractivity contribution in [3.05, 3.63) is 51.0 Å². The summed E-state index contributed by atoms with van der Waals surface area (Å²) in [6.07, 6.45) is 0. The molecule has 0 radical (unpaired) electrons. The molecule has 5 heteroatoms. The molecule has 0 saturated carbocycles. The maximum absolute atomic E-state index is 13.5. The van der Waals surface area contributed by atoms with Crippen molar-refractivity contribution in [1.29, 1.82) is 0 Å². The topological polar surface area (TPSA) is 12.0 Å². The zero-order valence-corrected chi connectivity index (χ0v) is 11.7. The van der Waals surface area contributed by atoms with Crippen molar-refractivity contribution in [2.45, 2.75) is 26.8 Å². The third-order valence-electron chi connectivity index (χ3n) is 2.93. The van der Waals surface area contributed by atoms with Crippen LogP contribution in [0.3, 0.4) is 0 Å². The number of anilines is 1. The van der Waals surface area contributed by atoms with Gasteiger partial charge in [-0.05, 0) is 32.4 Å². The highest BCUT2D eigenvalue weighted by atomic mass is 32.1. The smallest absolute Gasteiger partial charge is 0.161 e. The summed E-state index contributed by atoms with van der Waals surface area (Å²) < 4.78 is 39.5. The molecule has 0 bridgehead atoms. The summed E-state index contributed by atoms with van der Waals surface area (Å²) in [5, 5.41) is 2.87. The minimum Gasteiger partial charge on any atom is -0.376 e. The van der Waals surface area contributed by atoms with Crippen molar-refractivity contribution in [2.75, 3.05) is 5.32 Å². The fraction of sp³-hybridized carbons (Fsp3) is 0.286. The average Bonchev–Trinajstić information content (AvgIpc) is 2.65. The Hall–Kier alpha value is -1.49. The van der Waals surface area contributed by atoms with Crippen LogP contribution in [0.5, 0.6) is 0 Å². The summed E-state index contributed by atoms with van der Waals surface area (Å²) in [5.41, 5.74) is 1.00. The van der Waals surface area contributed by atoms with E-state index in [-0.39, 0.29) is 11.7 Å². The van der Waals surface area contributed by atoms with E-state index in [9.17, 15) is 13.2 Å². The SMILES string of the molecule is Cc1cc(C(C)Nc2cc(F)c(F)cc2F)c(C)s1. The van der Waals surface area contributed by atoms with Gasteiger partial charge in [0.25, 0.3) is 0 Å². The fourth-order valence-electron chi connectivity index (χ4n) is 2.02. The maximum Gasteiger partial charge on any atom is 0.161 e. The fourth-order valence-corrected chi connectivity index (χ4v) is 3.05. The molecule has 0 amide bonds. The minimum absolute atomic E-state index is 0.0327. The highest BCUT2D eigenvalue weighted by Gasteiger charge is 2.15. The van der Waals surface area contributed by atoms with E-state index in [1.165, 1.54) is 0 Å². The molecule has 1 heterocycles. The number of halogens is 3. The Morgan fingerprint density at radius 3 is 2.21 bits per heavy atom. The lowest BCUT2D eigenvalue weighted by molar-refractivity contribution is 0.495. The molecule has 1 aromatic heterocycles. The van der Waals surface area contributed by atoms with Gasteiger partial charge in [0, 0.05) is 27.9 Å². The van der Waals surface area contributed by atoms with Gasteiger partial charge in [-0.25, -0.2) is 13.2 Å². The van der Waals surface area contributed by atoms with Crippen molar-refractivity contribution in [1.82, 2.24) is 0 Å². The van der Waals surface area contributed by atoms with Gasteiger partial charge in [0.2, 0.25) is 0 Å². The van der Waals surface area contributed by atoms with Crippen LogP contribution >= 0.6 is 11.3 Å². The number of hydrogen-bond donors (Lipinski definition) is 1. The van der Waals surface area contributed by atoms with E-state index in [1.807, 2.05) is 26.8 Å². The molecular weight excluding hydrogens is 271 g/mol. The van der Waals surface area contributed by atoms with Gasteiger partial charge in [-0.15, -0.1) is 11.3 Å². The molecule has 0 spiro atoms. The number of nitrogens with one attached hydrogen (secondary N) is 1. The zero-order chi connectivity index (χ0) is 14.2. The van der Waals surface area contributed by atoms with Crippen LogP contribution in [0.25, 0.3) is 0 Å². The monoisotopic (exact) mass is 285 g/mol. The predicted molar refractivity (Wildman–Crippen MR) is 72.1 cm³/mol. The first-order valence-electron chi connectivity index (χ1n) is 5.86. The van der Waals surface area contributed by atoms with Crippen LogP contribution in [0.4, 0.5) is 18.9 Å². The molecule has 102 valence electrons. The van der Waals surface area contributed by atoms with Crippen LogP contribution in [0.1, 0.15) is 28.3 Å². The zero-order valence-electron chi connectivity index (χ0n) is 10.9. The highest BCUT2D eigenvalue weighted by Crippen LogP contribution is 2.29. The van der Waals surface area contributed by atoms with Crippen LogP contribution in [0.2, 0.25) is 0 Å². The molecule has 2 aromatic rings. The van der Waals surface area contributed by atoms with Gasteiger partial charge in [0.15, 0.2) is 11.6 Å². The van der Waals surface area contributed by atoms with Gasteiger partial charge in [0.1, 0.15) is 5.82 Å². The summed E-state index contributed by atoms with van der Waals surface area (Å²) in [4.78, 5) is 2.28. The van der Waals surface area contributed by atoms with Crippen LogP contribution < -0.4 is 5.32 Å². The van der Waals surface area contributed by atoms with E-state index in [4.69, 9.17) is 0 Å². The second kappa shape index (κ2) is 5.25. The molecule has 0 saturated heterocycles. The molecule has 1 aromatic carbocycles. The standard InChI is InChI=1S/C14H14F3NS/c1-7-4-10(9(3)19-7)8(2)18-14-6-12(16)11(15)5-13(14)17/h4-6,8,18H,1-3H3. The number of thiophene rings is 1. The Kier molecular flexibility index (Phi) is 3.85. The summed E-state index contributed by atoms with van der Waals surface area (Å²) in [5.74, 6) is -3.04. The highest BCUT2D eigenvalue weighted by molar-refractivity contribution is 7.12. The van der Waals surface area contributed by atoms with Crippen molar-refractivity contribution in [3.8, 4) is 0 Å². The Morgan fingerprint density at radius 2 is 1.63 bits per heavy atom. The Bertz CT molecular complexity index is 607. The molecule has 1 unspecified atom stereocenters. The predicted octanol–water partition coefficient (Wildman–Crippen LogP) is 4.96. The summed E-state index contributed by atoms with van der Waals surface area (Å²) in [6.45, 7) is 5.83. The van der Waals surface area contributed by atoms with Gasteiger partial charge < -0.3 is 5.32 Å². The lowest BCUT2D eigenvalue weighted by Gasteiger charge is -2.16. The lowest BCUT2D eigenvalue weighted by atomic mass is 10.1. The van der Waals surface area contributed by atoms with Gasteiger partial charge in [-0.2, -0.15) is 0 Å². The van der Waals surface area contributed by atoms with Crippen molar-refractivity contribution >= 4 is 17.0 Å². The molecule has 0 aliphatic rings. The first kappa shape index (κ1) is 13.9. The van der Waals surface area contributed by atoms with Crippen LogP contribution in [-0.4, -0.2) is 0 Å². The Labute approximate surface area is 114 Å². The minimum atomic E-state index is -1.18. The number of hydrogen-bond acceptors (Lipinski definition) is 2. The molecule has 1 N–H and O–H groups in total. The molecule has 0 fully saturated rings. The van der Waals surface area contributed by atoms with Crippen molar-refractivity contribution in [2.24, 2.45) is 0 Å². The van der Waals surface area contributed by atoms with Crippen LogP contribution in [-0.2, 0) is 0 Å². The Balaban J connectivity index is 2.26. The van der Waals surface area contributed by atoms with Crippen molar-refractivity contribution in [3.63, 3.8) is 0 Å². The number of aryl methyl sites for hydroxylation is 2. The molecule has 1 atom stereocenters. The molecule has 2 rings (SSSR count). The Morgan fingerprint density at radius 1 is 1.00 bits per heavy atom. The molecule has 1 nitrogen and oxygen atoms in total. The maximum atomic E-state index is 13.5. The molecule has 0 aliphatic heterocycles. The van der Waals surface area contributed by atoms with E-state index in [0.29, 0.717) is 6.07 Å². The summed E-state index contributed by atoms with van der Waals surface area (Å²) >= 11 is 1.65. The van der Waals surface area contributed by atoms with Crippen LogP contribution in [0.15, 0.2) is 18.2 Å². The van der Waals surface area contributed by atoms with Gasteiger partial charge in [-0.1, -0.05) is 0 Å². The first-order chi connectivity index (χ1) is 8.88. The largest absolute Gasteiger partial charge is 0.376 e. The third kappa shape index (κ3) is 2.92. The third-order valence-corrected chi connectivity index (χ3v) is 3.91. The number of benzene rings is 1. The molecular formula is C14H14F3NS. The second-order valence-electron chi connectivity index (χ2n) is 4.48. The normalized spacial score (nSPS) is 12.5. The van der Waals surface area contributed by atoms with Gasteiger partial charge >= 0.3 is 0 Å². The van der Waals surface area contributed by atoms with E-state index >= 15 is 0 Å². The summed E-state index contributed by atoms with van der Waals surface area (Å²) in [7, 11) is 0. The quantitative estimate of drug-likeness (QED) is 0.786. The first-order valence-corrected chi connectivity index (χ1v) is 6.68. The average molecular weight is 285 g/mol. The molecule has 19 heavy (non-hydrogen) atoms. The number of rotatable bonds is 3. The van der Waals surface area contributed by atoms with Gasteiger partial charge in [0.05, 0.1) is 5.69 Å².